The van der Waals surface area contributed by atoms with Crippen LogP contribution in [0.4, 0.5) is 0 Å². The first-order valence-electron chi connectivity index (χ1n) is 4.94. The van der Waals surface area contributed by atoms with Crippen LogP contribution in [0, 0.1) is 5.92 Å². The van der Waals surface area contributed by atoms with Crippen molar-refractivity contribution in [3.63, 3.8) is 0 Å². The van der Waals surface area contributed by atoms with E-state index in [9.17, 15) is 0 Å². The van der Waals surface area contributed by atoms with Crippen LogP contribution in [0.2, 0.25) is 5.82 Å². The topological polar surface area (TPSA) is 21.3 Å². The molecule has 0 aromatic heterocycles. The van der Waals surface area contributed by atoms with Gasteiger partial charge in [0.15, 0.2) is 0 Å². The molecule has 0 aliphatic carbocycles. The van der Waals surface area contributed by atoms with E-state index in [1.54, 1.807) is 0 Å². The lowest BCUT2D eigenvalue weighted by Crippen LogP contribution is -2.53. The quantitative estimate of drug-likeness (QED) is 0.645. The zero-order valence-corrected chi connectivity index (χ0v) is 8.63. The molecule has 1 aliphatic rings. The standard InChI is InChI=1S/C9H20BNO/c1-7(2)5-9(11-4)10-8(3)6-12-10/h7-9,11H,5-6H2,1-4H3/t8?,9-/m0/s1. The van der Waals surface area contributed by atoms with Crippen molar-refractivity contribution in [2.45, 2.75) is 39.0 Å². The molecule has 0 aromatic rings. The monoisotopic (exact) mass is 169 g/mol. The maximum absolute atomic E-state index is 5.53. The summed E-state index contributed by atoms with van der Waals surface area (Å²) in [4.78, 5) is 0. The van der Waals surface area contributed by atoms with Crippen molar-refractivity contribution in [2.24, 2.45) is 5.92 Å². The zero-order valence-electron chi connectivity index (χ0n) is 8.63. The maximum atomic E-state index is 5.53. The summed E-state index contributed by atoms with van der Waals surface area (Å²) in [6.45, 7) is 8.18. The molecule has 1 saturated heterocycles. The molecule has 0 aromatic carbocycles. The second-order valence-corrected chi connectivity index (χ2v) is 4.30. The molecule has 70 valence electrons. The van der Waals surface area contributed by atoms with Crippen molar-refractivity contribution in [2.75, 3.05) is 13.7 Å². The highest BCUT2D eigenvalue weighted by Crippen LogP contribution is 2.26. The van der Waals surface area contributed by atoms with E-state index in [2.05, 4.69) is 26.1 Å². The SMILES string of the molecule is CN[C@@H](CC(C)C)B1OCC1C. The lowest BCUT2D eigenvalue weighted by atomic mass is 9.45. The molecule has 1 heterocycles. The van der Waals surface area contributed by atoms with Gasteiger partial charge in [0.25, 0.3) is 0 Å². The molecule has 1 N–H and O–H groups in total. The zero-order chi connectivity index (χ0) is 9.14. The van der Waals surface area contributed by atoms with Crippen molar-refractivity contribution in [3.05, 3.63) is 0 Å². The highest BCUT2D eigenvalue weighted by atomic mass is 16.5. The van der Waals surface area contributed by atoms with Gasteiger partial charge in [0.05, 0.1) is 0 Å². The summed E-state index contributed by atoms with van der Waals surface area (Å²) in [5.74, 6) is 2.04. The summed E-state index contributed by atoms with van der Waals surface area (Å²) in [5, 5.41) is 3.34. The van der Waals surface area contributed by atoms with Gasteiger partial charge in [0.2, 0.25) is 0 Å². The Bertz CT molecular complexity index is 140. The van der Waals surface area contributed by atoms with E-state index in [1.165, 1.54) is 6.42 Å². The van der Waals surface area contributed by atoms with Gasteiger partial charge in [0.1, 0.15) is 0 Å². The van der Waals surface area contributed by atoms with Gasteiger partial charge in [-0.2, -0.15) is 0 Å². The van der Waals surface area contributed by atoms with Gasteiger partial charge in [-0.1, -0.05) is 20.8 Å². The van der Waals surface area contributed by atoms with E-state index in [0.29, 0.717) is 12.9 Å². The largest absolute Gasteiger partial charge is 0.434 e. The van der Waals surface area contributed by atoms with Crippen molar-refractivity contribution in [3.8, 4) is 0 Å². The van der Waals surface area contributed by atoms with Crippen LogP contribution < -0.4 is 5.32 Å². The Morgan fingerprint density at radius 2 is 2.25 bits per heavy atom. The number of hydrogen-bond acceptors (Lipinski definition) is 2. The molecule has 2 nitrogen and oxygen atoms in total. The lowest BCUT2D eigenvalue weighted by Gasteiger charge is -2.37. The summed E-state index contributed by atoms with van der Waals surface area (Å²) in [5.41, 5.74) is 0. The Balaban J connectivity index is 2.34. The Hall–Kier alpha value is -0.0151. The molecular formula is C9H20BNO. The third kappa shape index (κ3) is 2.24. The smallest absolute Gasteiger partial charge is 0.315 e. The summed E-state index contributed by atoms with van der Waals surface area (Å²) in [6.07, 6.45) is 1.21. The first-order valence-corrected chi connectivity index (χ1v) is 4.94. The van der Waals surface area contributed by atoms with Crippen LogP contribution >= 0.6 is 0 Å². The first kappa shape index (κ1) is 10.1. The molecule has 1 aliphatic heterocycles. The van der Waals surface area contributed by atoms with Crippen LogP contribution in [-0.4, -0.2) is 26.5 Å². The molecule has 1 fully saturated rings. The molecule has 3 heteroatoms. The molecule has 12 heavy (non-hydrogen) atoms. The van der Waals surface area contributed by atoms with E-state index < -0.39 is 0 Å². The second kappa shape index (κ2) is 4.29. The highest BCUT2D eigenvalue weighted by Gasteiger charge is 2.39. The maximum Gasteiger partial charge on any atom is 0.315 e. The van der Waals surface area contributed by atoms with Gasteiger partial charge in [-0.05, 0) is 25.2 Å². The number of rotatable bonds is 4. The molecule has 0 amide bonds. The summed E-state index contributed by atoms with van der Waals surface area (Å²) < 4.78 is 5.53. The highest BCUT2D eigenvalue weighted by molar-refractivity contribution is 6.57. The second-order valence-electron chi connectivity index (χ2n) is 4.30. The van der Waals surface area contributed by atoms with Crippen LogP contribution in [-0.2, 0) is 4.65 Å². The molecule has 0 radical (unpaired) electrons. The predicted octanol–water partition coefficient (Wildman–Crippen LogP) is 1.57. The van der Waals surface area contributed by atoms with E-state index in [1.807, 2.05) is 7.05 Å². The molecule has 0 spiro atoms. The van der Waals surface area contributed by atoms with Gasteiger partial charge < -0.3 is 9.97 Å². The third-order valence-corrected chi connectivity index (χ3v) is 2.61. The van der Waals surface area contributed by atoms with Crippen LogP contribution in [0.15, 0.2) is 0 Å². The van der Waals surface area contributed by atoms with Crippen LogP contribution in [0.3, 0.4) is 0 Å². The van der Waals surface area contributed by atoms with Crippen LogP contribution in [0.1, 0.15) is 27.2 Å². The minimum Gasteiger partial charge on any atom is -0.434 e. The van der Waals surface area contributed by atoms with Crippen molar-refractivity contribution in [1.82, 2.24) is 5.32 Å². The number of nitrogens with one attached hydrogen (secondary N) is 1. The van der Waals surface area contributed by atoms with E-state index >= 15 is 0 Å². The Kier molecular flexibility index (Phi) is 3.60. The third-order valence-electron chi connectivity index (χ3n) is 2.61. The van der Waals surface area contributed by atoms with Crippen LogP contribution in [0.5, 0.6) is 0 Å². The van der Waals surface area contributed by atoms with Crippen molar-refractivity contribution >= 4 is 6.92 Å². The van der Waals surface area contributed by atoms with Gasteiger partial charge >= 0.3 is 6.92 Å². The van der Waals surface area contributed by atoms with E-state index in [4.69, 9.17) is 4.65 Å². The summed E-state index contributed by atoms with van der Waals surface area (Å²) in [7, 11) is 2.03. The molecular weight excluding hydrogens is 149 g/mol. The van der Waals surface area contributed by atoms with E-state index in [-0.39, 0.29) is 0 Å². The molecule has 1 rings (SSSR count). The van der Waals surface area contributed by atoms with Gasteiger partial charge in [-0.3, -0.25) is 0 Å². The fourth-order valence-electron chi connectivity index (χ4n) is 1.84. The lowest BCUT2D eigenvalue weighted by molar-refractivity contribution is 0.221. The summed E-state index contributed by atoms with van der Waals surface area (Å²) >= 11 is 0. The van der Waals surface area contributed by atoms with Gasteiger partial charge in [-0.15, -0.1) is 0 Å². The fraction of sp³-hybridized carbons (Fsp3) is 1.00. The molecule has 0 bridgehead atoms. The first-order chi connectivity index (χ1) is 5.65. The molecule has 2 atom stereocenters. The minimum atomic E-state index is 0.456. The predicted molar refractivity (Wildman–Crippen MR) is 53.4 cm³/mol. The Morgan fingerprint density at radius 1 is 1.58 bits per heavy atom. The Morgan fingerprint density at radius 3 is 2.50 bits per heavy atom. The normalized spacial score (nSPS) is 25.8. The summed E-state index contributed by atoms with van der Waals surface area (Å²) in [6, 6.07) is 0. The van der Waals surface area contributed by atoms with E-state index in [0.717, 1.165) is 18.3 Å². The average molecular weight is 169 g/mol. The molecule has 0 saturated carbocycles. The van der Waals surface area contributed by atoms with Gasteiger partial charge in [-0.25, -0.2) is 0 Å². The average Bonchev–Trinajstić information content (AvgIpc) is 1.99. The number of hydrogen-bond donors (Lipinski definition) is 1. The Labute approximate surface area is 76.2 Å². The van der Waals surface area contributed by atoms with Crippen molar-refractivity contribution in [1.29, 1.82) is 0 Å². The van der Waals surface area contributed by atoms with Gasteiger partial charge in [0, 0.05) is 12.5 Å². The van der Waals surface area contributed by atoms with Crippen LogP contribution in [0.25, 0.3) is 0 Å². The van der Waals surface area contributed by atoms with Crippen molar-refractivity contribution < 1.29 is 4.65 Å². The fourth-order valence-corrected chi connectivity index (χ4v) is 1.84. The molecule has 1 unspecified atom stereocenters. The minimum absolute atomic E-state index is 0.456.